The number of alkyl halides is 3. The topological polar surface area (TPSA) is 20.3 Å². The molecule has 1 aliphatic heterocycles. The number of rotatable bonds is 4. The van der Waals surface area contributed by atoms with Crippen LogP contribution in [0.15, 0.2) is 48.5 Å². The third kappa shape index (κ3) is 4.10. The molecule has 0 saturated carbocycles. The highest BCUT2D eigenvalue weighted by molar-refractivity contribution is 5.71. The molecule has 3 rings (SSSR count). The summed E-state index contributed by atoms with van der Waals surface area (Å²) in [4.78, 5) is 13.1. The molecule has 1 fully saturated rings. The zero-order valence-electron chi connectivity index (χ0n) is 13.8. The molecule has 0 atom stereocenters. The van der Waals surface area contributed by atoms with Gasteiger partial charge in [0.05, 0.1) is 5.56 Å². The summed E-state index contributed by atoms with van der Waals surface area (Å²) in [7, 11) is 0. The Morgan fingerprint density at radius 1 is 0.960 bits per heavy atom. The second-order valence-corrected chi connectivity index (χ2v) is 6.45. The van der Waals surface area contributed by atoms with E-state index < -0.39 is 11.7 Å². The molecule has 2 nitrogen and oxygen atoms in total. The number of hydrogen-bond acceptors (Lipinski definition) is 2. The number of benzene rings is 2. The van der Waals surface area contributed by atoms with Crippen LogP contribution in [0.1, 0.15) is 24.0 Å². The maximum absolute atomic E-state index is 13.4. The lowest BCUT2D eigenvalue weighted by atomic mass is 9.93. The first-order chi connectivity index (χ1) is 12.0. The molecule has 0 unspecified atom stereocenters. The van der Waals surface area contributed by atoms with E-state index in [0.29, 0.717) is 12.1 Å². The van der Waals surface area contributed by atoms with E-state index in [4.69, 9.17) is 0 Å². The lowest BCUT2D eigenvalue weighted by Gasteiger charge is -2.30. The normalized spacial score (nSPS) is 16.8. The van der Waals surface area contributed by atoms with Gasteiger partial charge < -0.3 is 4.79 Å². The highest BCUT2D eigenvalue weighted by Gasteiger charge is 2.33. The van der Waals surface area contributed by atoms with E-state index in [1.165, 1.54) is 12.1 Å². The molecule has 2 aromatic rings. The smallest absolute Gasteiger partial charge is 0.303 e. The summed E-state index contributed by atoms with van der Waals surface area (Å²) in [6.45, 7) is 2.17. The fourth-order valence-corrected chi connectivity index (χ4v) is 3.37. The fourth-order valence-electron chi connectivity index (χ4n) is 3.37. The Morgan fingerprint density at radius 2 is 1.56 bits per heavy atom. The van der Waals surface area contributed by atoms with Crippen LogP contribution < -0.4 is 0 Å². The molecule has 0 bridgehead atoms. The highest BCUT2D eigenvalue weighted by atomic mass is 19.4. The van der Waals surface area contributed by atoms with E-state index in [1.54, 1.807) is 18.2 Å². The molecule has 0 aromatic heterocycles. The minimum Gasteiger partial charge on any atom is -0.303 e. The molecule has 5 heteroatoms. The number of hydrogen-bond donors (Lipinski definition) is 0. The number of piperidine rings is 1. The standard InChI is InChI=1S/C20H20F3NO/c21-20(22,23)19-8-4-3-7-18(19)17-6-2-1-5-16(17)13-24-11-9-15(14-25)10-12-24/h1-8,14-15H,9-13H2. The second kappa shape index (κ2) is 7.40. The Bertz CT molecular complexity index is 734. The van der Waals surface area contributed by atoms with Crippen molar-refractivity contribution in [3.8, 4) is 11.1 Å². The van der Waals surface area contributed by atoms with Gasteiger partial charge in [0.2, 0.25) is 0 Å². The van der Waals surface area contributed by atoms with Gasteiger partial charge in [-0.25, -0.2) is 0 Å². The zero-order valence-corrected chi connectivity index (χ0v) is 13.8. The SMILES string of the molecule is O=CC1CCN(Cc2ccccc2-c2ccccc2C(F)(F)F)CC1. The predicted molar refractivity (Wildman–Crippen MR) is 90.9 cm³/mol. The van der Waals surface area contributed by atoms with E-state index in [1.807, 2.05) is 12.1 Å². The largest absolute Gasteiger partial charge is 0.417 e. The van der Waals surface area contributed by atoms with Crippen molar-refractivity contribution in [2.75, 3.05) is 13.1 Å². The summed E-state index contributed by atoms with van der Waals surface area (Å²) < 4.78 is 40.1. The van der Waals surface area contributed by atoms with Crippen molar-refractivity contribution in [1.29, 1.82) is 0 Å². The van der Waals surface area contributed by atoms with Crippen LogP contribution >= 0.6 is 0 Å². The lowest BCUT2D eigenvalue weighted by molar-refractivity contribution is -0.137. The Morgan fingerprint density at radius 3 is 2.20 bits per heavy atom. The number of carbonyl (C=O) groups excluding carboxylic acids is 1. The summed E-state index contributed by atoms with van der Waals surface area (Å²) in [5.74, 6) is 0.109. The molecule has 25 heavy (non-hydrogen) atoms. The summed E-state index contributed by atoms with van der Waals surface area (Å²) in [6.07, 6.45) is -1.76. The Balaban J connectivity index is 1.89. The van der Waals surface area contributed by atoms with Gasteiger partial charge in [0.1, 0.15) is 6.29 Å². The van der Waals surface area contributed by atoms with Gasteiger partial charge in [0.25, 0.3) is 0 Å². The molecule has 0 radical (unpaired) electrons. The summed E-state index contributed by atoms with van der Waals surface area (Å²) >= 11 is 0. The minimum atomic E-state index is -4.38. The summed E-state index contributed by atoms with van der Waals surface area (Å²) in [5, 5.41) is 0. The lowest BCUT2D eigenvalue weighted by Crippen LogP contribution is -2.33. The first-order valence-corrected chi connectivity index (χ1v) is 8.41. The van der Waals surface area contributed by atoms with E-state index in [9.17, 15) is 18.0 Å². The zero-order chi connectivity index (χ0) is 17.9. The number of halogens is 3. The Hall–Kier alpha value is -2.14. The van der Waals surface area contributed by atoms with E-state index >= 15 is 0 Å². The molecule has 1 aliphatic rings. The van der Waals surface area contributed by atoms with Crippen LogP contribution in [0.5, 0.6) is 0 Å². The summed E-state index contributed by atoms with van der Waals surface area (Å²) in [5.41, 5.74) is 1.10. The fraction of sp³-hybridized carbons (Fsp3) is 0.350. The molecule has 1 heterocycles. The van der Waals surface area contributed by atoms with Gasteiger partial charge in [0.15, 0.2) is 0 Å². The Kier molecular flexibility index (Phi) is 5.23. The van der Waals surface area contributed by atoms with Crippen molar-refractivity contribution in [3.63, 3.8) is 0 Å². The molecule has 0 spiro atoms. The van der Waals surface area contributed by atoms with Crippen molar-refractivity contribution in [3.05, 3.63) is 59.7 Å². The van der Waals surface area contributed by atoms with Gasteiger partial charge in [-0.1, -0.05) is 42.5 Å². The minimum absolute atomic E-state index is 0.109. The molecule has 0 N–H and O–H groups in total. The number of carbonyl (C=O) groups is 1. The Labute approximate surface area is 145 Å². The van der Waals surface area contributed by atoms with Gasteiger partial charge in [0, 0.05) is 12.5 Å². The maximum Gasteiger partial charge on any atom is 0.417 e. The molecule has 0 amide bonds. The van der Waals surface area contributed by atoms with Gasteiger partial charge in [-0.15, -0.1) is 0 Å². The van der Waals surface area contributed by atoms with Crippen molar-refractivity contribution in [2.45, 2.75) is 25.6 Å². The van der Waals surface area contributed by atoms with Crippen molar-refractivity contribution < 1.29 is 18.0 Å². The van der Waals surface area contributed by atoms with Crippen LogP contribution in [0.3, 0.4) is 0 Å². The van der Waals surface area contributed by atoms with Crippen LogP contribution in [0.4, 0.5) is 13.2 Å². The van der Waals surface area contributed by atoms with Crippen molar-refractivity contribution >= 4 is 6.29 Å². The third-order valence-electron chi connectivity index (χ3n) is 4.76. The van der Waals surface area contributed by atoms with Crippen LogP contribution in [0.25, 0.3) is 11.1 Å². The van der Waals surface area contributed by atoms with Gasteiger partial charge in [-0.3, -0.25) is 4.90 Å². The van der Waals surface area contributed by atoms with Gasteiger partial charge in [-0.05, 0) is 48.7 Å². The molecule has 0 aliphatic carbocycles. The second-order valence-electron chi connectivity index (χ2n) is 6.45. The predicted octanol–water partition coefficient (Wildman–Crippen LogP) is 4.78. The average Bonchev–Trinajstić information content (AvgIpc) is 2.62. The first kappa shape index (κ1) is 17.7. The number of likely N-dealkylation sites (tertiary alicyclic amines) is 1. The van der Waals surface area contributed by atoms with Crippen LogP contribution in [-0.2, 0) is 17.5 Å². The molecule has 1 saturated heterocycles. The van der Waals surface area contributed by atoms with Gasteiger partial charge in [-0.2, -0.15) is 13.2 Å². The van der Waals surface area contributed by atoms with E-state index in [2.05, 4.69) is 4.90 Å². The first-order valence-electron chi connectivity index (χ1n) is 8.41. The van der Waals surface area contributed by atoms with E-state index in [-0.39, 0.29) is 11.5 Å². The average molecular weight is 347 g/mol. The quantitative estimate of drug-likeness (QED) is 0.742. The third-order valence-corrected chi connectivity index (χ3v) is 4.76. The highest BCUT2D eigenvalue weighted by Crippen LogP contribution is 2.38. The summed E-state index contributed by atoms with van der Waals surface area (Å²) in [6, 6.07) is 13.0. The van der Waals surface area contributed by atoms with Crippen LogP contribution in [-0.4, -0.2) is 24.3 Å². The van der Waals surface area contributed by atoms with E-state index in [0.717, 1.165) is 43.8 Å². The van der Waals surface area contributed by atoms with Crippen molar-refractivity contribution in [2.24, 2.45) is 5.92 Å². The number of nitrogens with zero attached hydrogens (tertiary/aromatic N) is 1. The molecule has 2 aromatic carbocycles. The molecular weight excluding hydrogens is 327 g/mol. The monoisotopic (exact) mass is 347 g/mol. The van der Waals surface area contributed by atoms with Crippen LogP contribution in [0, 0.1) is 5.92 Å². The number of aldehydes is 1. The van der Waals surface area contributed by atoms with Crippen molar-refractivity contribution in [1.82, 2.24) is 4.90 Å². The van der Waals surface area contributed by atoms with Crippen LogP contribution in [0.2, 0.25) is 0 Å². The molecular formula is C20H20F3NO. The molecule has 132 valence electrons. The maximum atomic E-state index is 13.4. The van der Waals surface area contributed by atoms with Gasteiger partial charge >= 0.3 is 6.18 Å².